The number of aliphatic hydroxyl groups is 1. The molecule has 21 heavy (non-hydrogen) atoms. The molecule has 2 saturated heterocycles. The highest BCUT2D eigenvalue weighted by Gasteiger charge is 2.42. The molecule has 4 nitrogen and oxygen atoms in total. The Hall–Kier alpha value is -1.01. The quantitative estimate of drug-likeness (QED) is 0.942. The van der Waals surface area contributed by atoms with E-state index in [-0.39, 0.29) is 12.0 Å². The predicted molar refractivity (Wildman–Crippen MR) is 83.5 cm³/mol. The lowest BCUT2D eigenvalue weighted by molar-refractivity contribution is -0.149. The van der Waals surface area contributed by atoms with Crippen molar-refractivity contribution in [2.75, 3.05) is 32.9 Å². The maximum atomic E-state index is 9.65. The molecule has 0 aliphatic carbocycles. The number of para-hydroxylation sites is 1. The highest BCUT2D eigenvalue weighted by Crippen LogP contribution is 2.39. The molecule has 2 aliphatic rings. The van der Waals surface area contributed by atoms with Crippen LogP contribution in [-0.2, 0) is 4.74 Å². The molecule has 0 bridgehead atoms. The van der Waals surface area contributed by atoms with Crippen molar-refractivity contribution < 1.29 is 9.84 Å². The van der Waals surface area contributed by atoms with E-state index < -0.39 is 0 Å². The van der Waals surface area contributed by atoms with Crippen molar-refractivity contribution in [3.8, 4) is 0 Å². The van der Waals surface area contributed by atoms with Gasteiger partial charge in [0.2, 0.25) is 0 Å². The zero-order chi connectivity index (χ0) is 14.3. The van der Waals surface area contributed by atoms with Gasteiger partial charge in [-0.15, -0.1) is 11.3 Å². The summed E-state index contributed by atoms with van der Waals surface area (Å²) in [6, 6.07) is 8.76. The van der Waals surface area contributed by atoms with Crippen molar-refractivity contribution in [1.29, 1.82) is 0 Å². The van der Waals surface area contributed by atoms with Crippen LogP contribution in [0, 0.1) is 5.41 Å². The monoisotopic (exact) mass is 304 g/mol. The molecule has 1 unspecified atom stereocenters. The van der Waals surface area contributed by atoms with Crippen molar-refractivity contribution in [3.05, 3.63) is 29.3 Å². The summed E-state index contributed by atoms with van der Waals surface area (Å²) in [5.41, 5.74) is 1.06. The molecule has 1 N–H and O–H groups in total. The SMILES string of the molecule is OCC1(CN2CCCC2c2nc3ccccc3s2)COC1. The van der Waals surface area contributed by atoms with Crippen LogP contribution in [0.5, 0.6) is 0 Å². The van der Waals surface area contributed by atoms with Crippen molar-refractivity contribution in [2.45, 2.75) is 18.9 Å². The number of thiazole rings is 1. The van der Waals surface area contributed by atoms with Crippen molar-refractivity contribution in [1.82, 2.24) is 9.88 Å². The molecule has 2 fully saturated rings. The molecule has 1 aromatic carbocycles. The molecule has 0 spiro atoms. The van der Waals surface area contributed by atoms with Crippen LogP contribution in [0.25, 0.3) is 10.2 Å². The van der Waals surface area contributed by atoms with Crippen LogP contribution in [0.4, 0.5) is 0 Å². The van der Waals surface area contributed by atoms with E-state index in [2.05, 4.69) is 23.1 Å². The Morgan fingerprint density at radius 1 is 1.38 bits per heavy atom. The second kappa shape index (κ2) is 5.32. The molecule has 112 valence electrons. The van der Waals surface area contributed by atoms with Gasteiger partial charge < -0.3 is 9.84 Å². The fraction of sp³-hybridized carbons (Fsp3) is 0.562. The van der Waals surface area contributed by atoms with Crippen molar-refractivity contribution in [2.24, 2.45) is 5.41 Å². The first kappa shape index (κ1) is 13.6. The topological polar surface area (TPSA) is 45.6 Å². The largest absolute Gasteiger partial charge is 0.396 e. The van der Waals surface area contributed by atoms with E-state index in [9.17, 15) is 5.11 Å². The minimum absolute atomic E-state index is 0.0424. The number of benzene rings is 1. The number of nitrogens with zero attached hydrogens (tertiary/aromatic N) is 2. The van der Waals surface area contributed by atoms with Gasteiger partial charge in [-0.3, -0.25) is 4.90 Å². The molecular formula is C16H20N2O2S. The van der Waals surface area contributed by atoms with Gasteiger partial charge in [0.1, 0.15) is 5.01 Å². The number of aromatic nitrogens is 1. The Morgan fingerprint density at radius 2 is 2.24 bits per heavy atom. The molecule has 2 aromatic rings. The number of rotatable bonds is 4. The predicted octanol–water partition coefficient (Wildman–Crippen LogP) is 2.44. The molecule has 0 amide bonds. The average Bonchev–Trinajstić information content (AvgIpc) is 3.08. The Morgan fingerprint density at radius 3 is 2.95 bits per heavy atom. The van der Waals surface area contributed by atoms with Gasteiger partial charge in [-0.05, 0) is 31.5 Å². The molecule has 4 rings (SSSR count). The third-order valence-corrected chi connectivity index (χ3v) is 5.79. The number of hydrogen-bond donors (Lipinski definition) is 1. The maximum absolute atomic E-state index is 9.65. The molecule has 1 atom stereocenters. The summed E-state index contributed by atoms with van der Waals surface area (Å²) in [4.78, 5) is 7.32. The summed E-state index contributed by atoms with van der Waals surface area (Å²) in [5, 5.41) is 10.9. The normalized spacial score (nSPS) is 25.3. The minimum Gasteiger partial charge on any atom is -0.396 e. The van der Waals surface area contributed by atoms with Gasteiger partial charge in [-0.2, -0.15) is 0 Å². The molecule has 3 heterocycles. The number of hydrogen-bond acceptors (Lipinski definition) is 5. The fourth-order valence-corrected chi connectivity index (χ4v) is 4.52. The summed E-state index contributed by atoms with van der Waals surface area (Å²) in [5.74, 6) is 0. The highest BCUT2D eigenvalue weighted by atomic mass is 32.1. The van der Waals surface area contributed by atoms with E-state index >= 15 is 0 Å². The van der Waals surface area contributed by atoms with Crippen LogP contribution < -0.4 is 0 Å². The van der Waals surface area contributed by atoms with Gasteiger partial charge in [0.05, 0.1) is 41.5 Å². The van der Waals surface area contributed by atoms with E-state index in [1.807, 2.05) is 17.4 Å². The number of aliphatic hydroxyl groups excluding tert-OH is 1. The van der Waals surface area contributed by atoms with E-state index in [0.717, 1.165) is 18.6 Å². The van der Waals surface area contributed by atoms with E-state index in [1.54, 1.807) is 0 Å². The first-order valence-corrected chi connectivity index (χ1v) is 8.39. The van der Waals surface area contributed by atoms with Crippen LogP contribution in [0.2, 0.25) is 0 Å². The highest BCUT2D eigenvalue weighted by molar-refractivity contribution is 7.18. The smallest absolute Gasteiger partial charge is 0.111 e. The Kier molecular flexibility index (Phi) is 3.46. The van der Waals surface area contributed by atoms with E-state index in [0.29, 0.717) is 19.3 Å². The van der Waals surface area contributed by atoms with Gasteiger partial charge in [0.15, 0.2) is 0 Å². The summed E-state index contributed by atoms with van der Waals surface area (Å²) in [6.07, 6.45) is 2.38. The van der Waals surface area contributed by atoms with Crippen LogP contribution in [0.3, 0.4) is 0 Å². The zero-order valence-electron chi connectivity index (χ0n) is 12.0. The molecular weight excluding hydrogens is 284 g/mol. The summed E-state index contributed by atoms with van der Waals surface area (Å²) in [7, 11) is 0. The standard InChI is InChI=1S/C16H20N2O2S/c19-9-16(10-20-11-16)8-18-7-3-5-13(18)15-17-12-4-1-2-6-14(12)21-15/h1-2,4,6,13,19H,3,5,7-11H2. The molecule has 0 radical (unpaired) electrons. The zero-order valence-corrected chi connectivity index (χ0v) is 12.8. The lowest BCUT2D eigenvalue weighted by Gasteiger charge is -2.43. The number of ether oxygens (including phenoxy) is 1. The molecule has 1 aromatic heterocycles. The lowest BCUT2D eigenvalue weighted by Crippen LogP contribution is -2.53. The van der Waals surface area contributed by atoms with Crippen molar-refractivity contribution in [3.63, 3.8) is 0 Å². The number of likely N-dealkylation sites (tertiary alicyclic amines) is 1. The first-order valence-electron chi connectivity index (χ1n) is 7.58. The van der Waals surface area contributed by atoms with Gasteiger partial charge in [-0.1, -0.05) is 12.1 Å². The van der Waals surface area contributed by atoms with Crippen molar-refractivity contribution >= 4 is 21.6 Å². The van der Waals surface area contributed by atoms with Gasteiger partial charge >= 0.3 is 0 Å². The van der Waals surface area contributed by atoms with E-state index in [1.165, 1.54) is 22.5 Å². The average molecular weight is 304 g/mol. The Balaban J connectivity index is 1.58. The summed E-state index contributed by atoms with van der Waals surface area (Å²) >= 11 is 1.81. The summed E-state index contributed by atoms with van der Waals surface area (Å²) in [6.45, 7) is 3.61. The van der Waals surface area contributed by atoms with E-state index in [4.69, 9.17) is 9.72 Å². The van der Waals surface area contributed by atoms with Crippen LogP contribution in [-0.4, -0.2) is 47.9 Å². The second-order valence-electron chi connectivity index (χ2n) is 6.30. The lowest BCUT2D eigenvalue weighted by atomic mass is 9.86. The fourth-order valence-electron chi connectivity index (χ4n) is 3.38. The maximum Gasteiger partial charge on any atom is 0.111 e. The Bertz CT molecular complexity index is 599. The first-order chi connectivity index (χ1) is 10.3. The third-order valence-electron chi connectivity index (χ3n) is 4.65. The molecule has 2 aliphatic heterocycles. The van der Waals surface area contributed by atoms with Crippen LogP contribution in [0.1, 0.15) is 23.9 Å². The number of fused-ring (bicyclic) bond motifs is 1. The molecule has 0 saturated carbocycles. The van der Waals surface area contributed by atoms with Crippen LogP contribution in [0.15, 0.2) is 24.3 Å². The van der Waals surface area contributed by atoms with Gasteiger partial charge in [0, 0.05) is 6.54 Å². The van der Waals surface area contributed by atoms with Crippen LogP contribution >= 0.6 is 11.3 Å². The van der Waals surface area contributed by atoms with Gasteiger partial charge in [-0.25, -0.2) is 4.98 Å². The second-order valence-corrected chi connectivity index (χ2v) is 7.36. The molecule has 5 heteroatoms. The third kappa shape index (κ3) is 2.38. The Labute approximate surface area is 128 Å². The van der Waals surface area contributed by atoms with Gasteiger partial charge in [0.25, 0.3) is 0 Å². The minimum atomic E-state index is -0.0424. The summed E-state index contributed by atoms with van der Waals surface area (Å²) < 4.78 is 6.60.